The number of para-hydroxylation sites is 1. The van der Waals surface area contributed by atoms with Crippen molar-refractivity contribution in [3.05, 3.63) is 53.6 Å². The number of fused-ring (bicyclic) bond motifs is 10. The van der Waals surface area contributed by atoms with E-state index in [-0.39, 0.29) is 11.7 Å². The molecule has 8 nitrogen and oxygen atoms in total. The first kappa shape index (κ1) is 19.8. The zero-order chi connectivity index (χ0) is 23.3. The number of ether oxygens (including phenoxy) is 1. The Morgan fingerprint density at radius 3 is 2.79 bits per heavy atom. The van der Waals surface area contributed by atoms with Crippen molar-refractivity contribution in [3.8, 4) is 5.75 Å². The zero-order valence-corrected chi connectivity index (χ0v) is 18.5. The minimum atomic E-state index is -0.753. The van der Waals surface area contributed by atoms with Crippen LogP contribution in [0.2, 0.25) is 0 Å². The van der Waals surface area contributed by atoms with Crippen molar-refractivity contribution >= 4 is 49.5 Å². The van der Waals surface area contributed by atoms with Gasteiger partial charge in [0.25, 0.3) is 5.91 Å². The third-order valence-corrected chi connectivity index (χ3v) is 7.49. The van der Waals surface area contributed by atoms with E-state index in [0.717, 1.165) is 49.2 Å². The Hall–Kier alpha value is -3.59. The normalized spacial score (nSPS) is 25.0. The summed E-state index contributed by atoms with van der Waals surface area (Å²) in [5, 5.41) is 27.4. The fourth-order valence-corrected chi connectivity index (χ4v) is 5.96. The summed E-state index contributed by atoms with van der Waals surface area (Å²) < 4.78 is 8.36. The van der Waals surface area contributed by atoms with E-state index in [1.807, 2.05) is 31.2 Å². The number of aromatic hydroxyl groups is 1. The number of H-pyrrole nitrogens is 1. The summed E-state index contributed by atoms with van der Waals surface area (Å²) in [5.74, 6) is 0.000122. The summed E-state index contributed by atoms with van der Waals surface area (Å²) in [6.07, 6.45) is -1.24. The van der Waals surface area contributed by atoms with Gasteiger partial charge in [0.15, 0.2) is 0 Å². The Kier molecular flexibility index (Phi) is 3.92. The van der Waals surface area contributed by atoms with Crippen molar-refractivity contribution in [2.75, 3.05) is 0 Å². The first-order valence-corrected chi connectivity index (χ1v) is 11.5. The lowest BCUT2D eigenvalue weighted by Crippen LogP contribution is -2.49. The van der Waals surface area contributed by atoms with Crippen LogP contribution in [0.4, 0.5) is 0 Å². The highest BCUT2D eigenvalue weighted by atomic mass is 16.5. The van der Waals surface area contributed by atoms with Crippen LogP contribution in [-0.2, 0) is 11.3 Å². The minimum Gasteiger partial charge on any atom is -0.508 e. The number of carbonyl (C=O) groups excluding carboxylic acids is 1. The maximum Gasteiger partial charge on any atom is 0.252 e. The van der Waals surface area contributed by atoms with Crippen molar-refractivity contribution in [1.29, 1.82) is 0 Å². The first-order valence-electron chi connectivity index (χ1n) is 11.5. The van der Waals surface area contributed by atoms with Gasteiger partial charge in [-0.1, -0.05) is 18.2 Å². The summed E-state index contributed by atoms with van der Waals surface area (Å²) >= 11 is 0. The first-order chi connectivity index (χ1) is 16.4. The van der Waals surface area contributed by atoms with Crippen molar-refractivity contribution in [2.24, 2.45) is 5.73 Å². The maximum absolute atomic E-state index is 13.2. The van der Waals surface area contributed by atoms with Gasteiger partial charge in [-0.15, -0.1) is 0 Å². The summed E-state index contributed by atoms with van der Waals surface area (Å²) in [7, 11) is 0. The van der Waals surface area contributed by atoms with Gasteiger partial charge in [-0.05, 0) is 36.8 Å². The van der Waals surface area contributed by atoms with Gasteiger partial charge >= 0.3 is 0 Å². The van der Waals surface area contributed by atoms with Crippen LogP contribution in [0, 0.1) is 0 Å². The molecule has 3 aromatic carbocycles. The number of phenolic OH excluding ortho intramolecular Hbond substituents is 1. The molecule has 4 atom stereocenters. The summed E-state index contributed by atoms with van der Waals surface area (Å²) in [6, 6.07) is 12.8. The molecule has 1 fully saturated rings. The third-order valence-electron chi connectivity index (χ3n) is 7.49. The van der Waals surface area contributed by atoms with Gasteiger partial charge < -0.3 is 35.6 Å². The number of phenols is 1. The number of nitrogens with zero attached hydrogens (tertiary/aromatic N) is 1. The van der Waals surface area contributed by atoms with Gasteiger partial charge in [-0.2, -0.15) is 0 Å². The van der Waals surface area contributed by atoms with Gasteiger partial charge in [0.1, 0.15) is 12.0 Å². The number of rotatable bonds is 1. The van der Waals surface area contributed by atoms with Crippen molar-refractivity contribution < 1.29 is 19.7 Å². The summed E-state index contributed by atoms with van der Waals surface area (Å²) in [6.45, 7) is 2.27. The molecule has 0 spiro atoms. The van der Waals surface area contributed by atoms with Gasteiger partial charge in [0.2, 0.25) is 0 Å². The molecule has 172 valence electrons. The Morgan fingerprint density at radius 1 is 1.15 bits per heavy atom. The molecule has 5 aromatic rings. The number of benzene rings is 3. The zero-order valence-electron chi connectivity index (χ0n) is 18.5. The SMILES string of the molecule is C[C@@H]1O[C@@H](n2c3ccc(O)cc3c3c4c(c5c6ccccc6[nH]c5c32)CNC4=O)C[C@@H](N)[C@H]1O. The molecule has 0 saturated carbocycles. The van der Waals surface area contributed by atoms with Crippen LogP contribution >= 0.6 is 0 Å². The third kappa shape index (κ3) is 2.45. The molecule has 0 bridgehead atoms. The van der Waals surface area contributed by atoms with Gasteiger partial charge in [0.05, 0.1) is 34.3 Å². The van der Waals surface area contributed by atoms with E-state index in [4.69, 9.17) is 10.5 Å². The number of carbonyl (C=O) groups is 1. The molecule has 8 heteroatoms. The Labute approximate surface area is 193 Å². The minimum absolute atomic E-state index is 0.125. The number of nitrogens with two attached hydrogens (primary N) is 1. The topological polar surface area (TPSA) is 126 Å². The van der Waals surface area contributed by atoms with Crippen LogP contribution < -0.4 is 11.1 Å². The summed E-state index contributed by atoms with van der Waals surface area (Å²) in [4.78, 5) is 16.8. The van der Waals surface area contributed by atoms with E-state index in [9.17, 15) is 15.0 Å². The predicted molar refractivity (Wildman–Crippen MR) is 130 cm³/mol. The maximum atomic E-state index is 13.2. The van der Waals surface area contributed by atoms with Gasteiger partial charge in [0, 0.05) is 46.1 Å². The molecular formula is C26H24N4O4. The second kappa shape index (κ2) is 6.73. The fraction of sp³-hybridized carbons (Fsp3) is 0.269. The lowest BCUT2D eigenvalue weighted by atomic mass is 9.97. The average Bonchev–Trinajstić information content (AvgIpc) is 3.48. The second-order valence-electron chi connectivity index (χ2n) is 9.44. The van der Waals surface area contributed by atoms with Crippen LogP contribution in [0.5, 0.6) is 5.75 Å². The highest BCUT2D eigenvalue weighted by Gasteiger charge is 2.37. The van der Waals surface area contributed by atoms with Crippen LogP contribution in [-0.4, -0.2) is 43.9 Å². The molecule has 7 rings (SSSR count). The number of hydrogen-bond donors (Lipinski definition) is 5. The van der Waals surface area contributed by atoms with Gasteiger partial charge in [-0.3, -0.25) is 4.79 Å². The van der Waals surface area contributed by atoms with Crippen LogP contribution in [0.15, 0.2) is 42.5 Å². The summed E-state index contributed by atoms with van der Waals surface area (Å²) in [5.41, 5.74) is 11.5. The lowest BCUT2D eigenvalue weighted by molar-refractivity contribution is -0.142. The molecular weight excluding hydrogens is 432 g/mol. The molecule has 6 N–H and O–H groups in total. The largest absolute Gasteiger partial charge is 0.508 e. The monoisotopic (exact) mass is 456 g/mol. The number of nitrogens with one attached hydrogen (secondary N) is 2. The molecule has 34 heavy (non-hydrogen) atoms. The smallest absolute Gasteiger partial charge is 0.252 e. The standard InChI is InChI=1S/C26H24N4O4/c1-11-25(32)16(27)9-19(34-11)30-18-7-6-12(31)8-14(18)21-22-15(10-28-26(22)33)20-13-4-2-3-5-17(13)29-23(20)24(21)30/h2-8,11,16,19,25,29,31-32H,9-10,27H2,1H3,(H,28,33)/t11-,16+,19+,25-/m0/s1. The van der Waals surface area contributed by atoms with Crippen LogP contribution in [0.1, 0.15) is 35.5 Å². The molecule has 4 heterocycles. The van der Waals surface area contributed by atoms with E-state index in [0.29, 0.717) is 18.5 Å². The van der Waals surface area contributed by atoms with E-state index in [1.165, 1.54) is 0 Å². The molecule has 2 aliphatic heterocycles. The van der Waals surface area contributed by atoms with Gasteiger partial charge in [-0.25, -0.2) is 0 Å². The highest BCUT2D eigenvalue weighted by Crippen LogP contribution is 2.46. The molecule has 0 unspecified atom stereocenters. The van der Waals surface area contributed by atoms with Crippen molar-refractivity contribution in [1.82, 2.24) is 14.9 Å². The fourth-order valence-electron chi connectivity index (χ4n) is 5.96. The number of aromatic amines is 1. The van der Waals surface area contributed by atoms with E-state index in [2.05, 4.69) is 20.9 Å². The predicted octanol–water partition coefficient (Wildman–Crippen LogP) is 3.37. The second-order valence-corrected chi connectivity index (χ2v) is 9.44. The van der Waals surface area contributed by atoms with Crippen LogP contribution in [0.25, 0.3) is 43.6 Å². The van der Waals surface area contributed by atoms with E-state index in [1.54, 1.807) is 12.1 Å². The molecule has 0 aliphatic carbocycles. The highest BCUT2D eigenvalue weighted by molar-refractivity contribution is 6.30. The number of aromatic nitrogens is 2. The number of aliphatic hydroxyl groups excluding tert-OH is 1. The Balaban J connectivity index is 1.70. The quantitative estimate of drug-likeness (QED) is 0.264. The molecule has 2 aromatic heterocycles. The Morgan fingerprint density at radius 2 is 1.97 bits per heavy atom. The molecule has 1 saturated heterocycles. The number of hydrogen-bond acceptors (Lipinski definition) is 5. The molecule has 1 amide bonds. The Bertz CT molecular complexity index is 1650. The molecule has 0 radical (unpaired) electrons. The number of amides is 1. The lowest BCUT2D eigenvalue weighted by Gasteiger charge is -2.37. The average molecular weight is 457 g/mol. The van der Waals surface area contributed by atoms with E-state index >= 15 is 0 Å². The molecule has 2 aliphatic rings. The number of aliphatic hydroxyl groups is 1. The van der Waals surface area contributed by atoms with E-state index < -0.39 is 24.5 Å². The van der Waals surface area contributed by atoms with Crippen molar-refractivity contribution in [2.45, 2.75) is 44.4 Å². The van der Waals surface area contributed by atoms with Crippen molar-refractivity contribution in [3.63, 3.8) is 0 Å². The van der Waals surface area contributed by atoms with Crippen LogP contribution in [0.3, 0.4) is 0 Å².